The maximum absolute atomic E-state index is 14.5. The van der Waals surface area contributed by atoms with Crippen molar-refractivity contribution in [3.05, 3.63) is 53.9 Å². The van der Waals surface area contributed by atoms with Gasteiger partial charge in [0.15, 0.2) is 11.6 Å². The van der Waals surface area contributed by atoms with Crippen LogP contribution in [0.5, 0.6) is 0 Å². The van der Waals surface area contributed by atoms with Crippen molar-refractivity contribution in [2.75, 3.05) is 29.5 Å². The highest BCUT2D eigenvalue weighted by molar-refractivity contribution is 5.53. The van der Waals surface area contributed by atoms with Crippen molar-refractivity contribution in [2.24, 2.45) is 0 Å². The van der Waals surface area contributed by atoms with Crippen molar-refractivity contribution in [3.63, 3.8) is 0 Å². The van der Waals surface area contributed by atoms with Crippen molar-refractivity contribution in [1.29, 1.82) is 0 Å². The summed E-state index contributed by atoms with van der Waals surface area (Å²) in [6.45, 7) is 3.54. The molecule has 5 heterocycles. The number of aliphatic hydroxyl groups excluding tert-OH is 1. The molecule has 0 aromatic carbocycles. The molecule has 3 aromatic heterocycles. The minimum Gasteiger partial charge on any atom is -0.394 e. The van der Waals surface area contributed by atoms with E-state index < -0.39 is 0 Å². The van der Waals surface area contributed by atoms with Crippen molar-refractivity contribution in [2.45, 2.75) is 38.3 Å². The van der Waals surface area contributed by atoms with E-state index in [1.165, 1.54) is 12.1 Å². The van der Waals surface area contributed by atoms with Gasteiger partial charge in [-0.05, 0) is 25.8 Å². The molecule has 2 unspecified atom stereocenters. The Kier molecular flexibility index (Phi) is 5.19. The topological polar surface area (TPSA) is 91.2 Å². The fraction of sp³-hybridized carbons (Fsp3) is 0.409. The summed E-state index contributed by atoms with van der Waals surface area (Å²) in [6.07, 6.45) is 7.71. The SMILES string of the molecule is CC1c2cnc(-c3ncccn3)nc2CCN1c1cc(F)cc(N2CCCC2CO)n1. The number of anilines is 2. The summed E-state index contributed by atoms with van der Waals surface area (Å²) in [5.74, 6) is 1.86. The molecular weight excluding hydrogens is 397 g/mol. The zero-order valence-corrected chi connectivity index (χ0v) is 17.3. The number of fused-ring (bicyclic) bond motifs is 1. The Hall–Kier alpha value is -3.20. The minimum absolute atomic E-state index is 0.00585. The molecule has 31 heavy (non-hydrogen) atoms. The zero-order chi connectivity index (χ0) is 21.4. The van der Waals surface area contributed by atoms with E-state index in [-0.39, 0.29) is 24.5 Å². The molecule has 1 saturated heterocycles. The Labute approximate surface area is 179 Å². The zero-order valence-electron chi connectivity index (χ0n) is 17.3. The summed E-state index contributed by atoms with van der Waals surface area (Å²) in [4.78, 5) is 26.5. The molecule has 1 fully saturated rings. The van der Waals surface area contributed by atoms with Gasteiger partial charge in [0.1, 0.15) is 17.5 Å². The van der Waals surface area contributed by atoms with Gasteiger partial charge in [0.2, 0.25) is 0 Å². The van der Waals surface area contributed by atoms with Gasteiger partial charge in [0.05, 0.1) is 24.4 Å². The highest BCUT2D eigenvalue weighted by Gasteiger charge is 2.30. The number of aromatic nitrogens is 5. The maximum Gasteiger partial charge on any atom is 0.197 e. The molecule has 0 saturated carbocycles. The number of aliphatic hydroxyl groups is 1. The number of hydrogen-bond donors (Lipinski definition) is 1. The van der Waals surface area contributed by atoms with Crippen LogP contribution in [0.1, 0.15) is 37.1 Å². The van der Waals surface area contributed by atoms with Gasteiger partial charge in [0.25, 0.3) is 0 Å². The highest BCUT2D eigenvalue weighted by Crippen LogP contribution is 2.34. The average Bonchev–Trinajstić information content (AvgIpc) is 3.28. The molecule has 8 nitrogen and oxygen atoms in total. The van der Waals surface area contributed by atoms with Crippen molar-refractivity contribution in [1.82, 2.24) is 24.9 Å². The number of pyridine rings is 1. The predicted octanol–water partition coefficient (Wildman–Crippen LogP) is 2.55. The summed E-state index contributed by atoms with van der Waals surface area (Å²) in [5, 5.41) is 9.64. The number of halogens is 1. The minimum atomic E-state index is -0.325. The van der Waals surface area contributed by atoms with Gasteiger partial charge in [0, 0.05) is 55.8 Å². The lowest BCUT2D eigenvalue weighted by molar-refractivity contribution is 0.266. The molecule has 9 heteroatoms. The summed E-state index contributed by atoms with van der Waals surface area (Å²) in [7, 11) is 0. The van der Waals surface area contributed by atoms with Crippen LogP contribution in [-0.2, 0) is 6.42 Å². The Balaban J connectivity index is 1.44. The van der Waals surface area contributed by atoms with Gasteiger partial charge in [-0.3, -0.25) is 0 Å². The van der Waals surface area contributed by atoms with Crippen LogP contribution in [-0.4, -0.2) is 55.8 Å². The van der Waals surface area contributed by atoms with Crippen LogP contribution in [0.2, 0.25) is 0 Å². The fourth-order valence-corrected chi connectivity index (χ4v) is 4.49. The van der Waals surface area contributed by atoms with Crippen LogP contribution in [0.4, 0.5) is 16.0 Å². The standard InChI is InChI=1S/C22H24FN7O/c1-14-17-12-26-22(21-24-6-3-7-25-21)27-18(17)5-9-29(14)19-10-15(23)11-20(28-19)30-8-2-4-16(30)13-31/h3,6-7,10-12,14,16,31H,2,4-5,8-9,13H2,1H3. The number of rotatable bonds is 4. The average molecular weight is 421 g/mol. The normalized spacial score (nSPS) is 20.7. The molecular formula is C22H24FN7O. The van der Waals surface area contributed by atoms with Gasteiger partial charge in [-0.1, -0.05) is 0 Å². The molecule has 0 radical (unpaired) electrons. The second-order valence-electron chi connectivity index (χ2n) is 7.96. The lowest BCUT2D eigenvalue weighted by Gasteiger charge is -2.36. The maximum atomic E-state index is 14.5. The smallest absolute Gasteiger partial charge is 0.197 e. The van der Waals surface area contributed by atoms with E-state index in [0.717, 1.165) is 30.6 Å². The summed E-state index contributed by atoms with van der Waals surface area (Å²) < 4.78 is 14.5. The number of nitrogens with zero attached hydrogens (tertiary/aromatic N) is 7. The van der Waals surface area contributed by atoms with Crippen LogP contribution in [0, 0.1) is 5.82 Å². The van der Waals surface area contributed by atoms with Crippen LogP contribution in [0.25, 0.3) is 11.6 Å². The molecule has 0 aliphatic carbocycles. The molecule has 2 aliphatic heterocycles. The lowest BCUT2D eigenvalue weighted by Crippen LogP contribution is -2.37. The molecule has 2 atom stereocenters. The Bertz CT molecular complexity index is 1080. The highest BCUT2D eigenvalue weighted by atomic mass is 19.1. The van der Waals surface area contributed by atoms with E-state index in [4.69, 9.17) is 4.98 Å². The van der Waals surface area contributed by atoms with Gasteiger partial charge in [-0.25, -0.2) is 29.3 Å². The molecule has 1 N–H and O–H groups in total. The Morgan fingerprint density at radius 3 is 2.58 bits per heavy atom. The Morgan fingerprint density at radius 2 is 1.81 bits per heavy atom. The van der Waals surface area contributed by atoms with Gasteiger partial charge in [-0.2, -0.15) is 0 Å². The van der Waals surface area contributed by atoms with Crippen molar-refractivity contribution < 1.29 is 9.50 Å². The van der Waals surface area contributed by atoms with Crippen molar-refractivity contribution >= 4 is 11.6 Å². The third kappa shape index (κ3) is 3.69. The largest absolute Gasteiger partial charge is 0.394 e. The van der Waals surface area contributed by atoms with Crippen molar-refractivity contribution in [3.8, 4) is 11.6 Å². The fourth-order valence-electron chi connectivity index (χ4n) is 4.49. The van der Waals surface area contributed by atoms with Crippen LogP contribution < -0.4 is 9.80 Å². The second-order valence-corrected chi connectivity index (χ2v) is 7.96. The first kappa shape index (κ1) is 19.7. The third-order valence-electron chi connectivity index (χ3n) is 6.11. The predicted molar refractivity (Wildman–Crippen MR) is 114 cm³/mol. The van der Waals surface area contributed by atoms with Gasteiger partial charge < -0.3 is 14.9 Å². The van der Waals surface area contributed by atoms with Crippen LogP contribution >= 0.6 is 0 Å². The van der Waals surface area contributed by atoms with E-state index in [1.54, 1.807) is 18.5 Å². The van der Waals surface area contributed by atoms with Crippen LogP contribution in [0.3, 0.4) is 0 Å². The first-order chi connectivity index (χ1) is 15.1. The first-order valence-electron chi connectivity index (χ1n) is 10.6. The molecule has 0 bridgehead atoms. The van der Waals surface area contributed by atoms with E-state index in [0.29, 0.717) is 36.3 Å². The van der Waals surface area contributed by atoms with E-state index in [1.807, 2.05) is 11.1 Å². The molecule has 5 rings (SSSR count). The quantitative estimate of drug-likeness (QED) is 0.687. The van der Waals surface area contributed by atoms with E-state index >= 15 is 0 Å². The first-order valence-corrected chi connectivity index (χ1v) is 10.6. The van der Waals surface area contributed by atoms with Gasteiger partial charge >= 0.3 is 0 Å². The molecule has 0 spiro atoms. The molecule has 3 aromatic rings. The summed E-state index contributed by atoms with van der Waals surface area (Å²) >= 11 is 0. The third-order valence-corrected chi connectivity index (χ3v) is 6.11. The second kappa shape index (κ2) is 8.14. The summed E-state index contributed by atoms with van der Waals surface area (Å²) in [5.41, 5.74) is 1.95. The molecule has 0 amide bonds. The monoisotopic (exact) mass is 421 g/mol. The Morgan fingerprint density at radius 1 is 1.03 bits per heavy atom. The lowest BCUT2D eigenvalue weighted by atomic mass is 9.99. The molecule has 2 aliphatic rings. The van der Waals surface area contributed by atoms with E-state index in [9.17, 15) is 9.50 Å². The molecule has 160 valence electrons. The van der Waals surface area contributed by atoms with E-state index in [2.05, 4.69) is 31.8 Å². The van der Waals surface area contributed by atoms with Crippen LogP contribution in [0.15, 0.2) is 36.8 Å². The van der Waals surface area contributed by atoms with Gasteiger partial charge in [-0.15, -0.1) is 0 Å². The summed E-state index contributed by atoms with van der Waals surface area (Å²) in [6, 6.07) is 4.63. The number of hydrogen-bond acceptors (Lipinski definition) is 8.